The zero-order valence-electron chi connectivity index (χ0n) is 15.4. The van der Waals surface area contributed by atoms with Gasteiger partial charge in [0.2, 0.25) is 10.0 Å². The molecule has 154 valence electrons. The third-order valence-electron chi connectivity index (χ3n) is 3.77. The highest BCUT2D eigenvalue weighted by Crippen LogP contribution is 2.17. The van der Waals surface area contributed by atoms with Gasteiger partial charge in [0, 0.05) is 12.5 Å². The minimum absolute atomic E-state index is 0.00245. The Labute approximate surface area is 167 Å². The smallest absolute Gasteiger partial charge is 0.271 e. The van der Waals surface area contributed by atoms with Crippen LogP contribution in [0, 0.1) is 0 Å². The van der Waals surface area contributed by atoms with E-state index in [2.05, 4.69) is 15.0 Å². The van der Waals surface area contributed by atoms with Crippen molar-refractivity contribution < 1.29 is 28.2 Å². The molecule has 0 saturated carbocycles. The van der Waals surface area contributed by atoms with Crippen LogP contribution in [-0.2, 0) is 21.2 Å². The summed E-state index contributed by atoms with van der Waals surface area (Å²) in [6, 6.07) is 8.37. The number of nitrogens with one attached hydrogen (secondary N) is 2. The average Bonchev–Trinajstić information content (AvgIpc) is 3.08. The van der Waals surface area contributed by atoms with Crippen LogP contribution >= 0.6 is 11.3 Å². The molecule has 2 rings (SSSR count). The number of carbonyl (C=O) groups is 1. The molecule has 1 aromatic heterocycles. The molecule has 0 spiro atoms. The SMILES string of the molecule is COCC(O)C(O)C(Cc1ccccc1)NC(=O)c1csc(NS(C)(=O)=O)n1. The maximum atomic E-state index is 12.5. The Morgan fingerprint density at radius 1 is 1.29 bits per heavy atom. The van der Waals surface area contributed by atoms with E-state index in [9.17, 15) is 23.4 Å². The van der Waals surface area contributed by atoms with Gasteiger partial charge in [-0.2, -0.15) is 0 Å². The highest BCUT2D eigenvalue weighted by Gasteiger charge is 2.29. The van der Waals surface area contributed by atoms with Crippen LogP contribution in [0.5, 0.6) is 0 Å². The number of hydrogen-bond donors (Lipinski definition) is 4. The Hall–Kier alpha value is -2.05. The first-order valence-electron chi connectivity index (χ1n) is 8.32. The molecular weight excluding hydrogens is 406 g/mol. The Morgan fingerprint density at radius 3 is 2.57 bits per heavy atom. The van der Waals surface area contributed by atoms with Crippen molar-refractivity contribution in [1.29, 1.82) is 0 Å². The molecular formula is C17H23N3O6S2. The molecule has 1 heterocycles. The third kappa shape index (κ3) is 6.84. The van der Waals surface area contributed by atoms with Crippen LogP contribution in [0.3, 0.4) is 0 Å². The van der Waals surface area contributed by atoms with E-state index in [0.29, 0.717) is 0 Å². The van der Waals surface area contributed by atoms with Gasteiger partial charge in [-0.3, -0.25) is 9.52 Å². The number of sulfonamides is 1. The molecule has 9 nitrogen and oxygen atoms in total. The Kier molecular flexibility index (Phi) is 7.89. The summed E-state index contributed by atoms with van der Waals surface area (Å²) in [6.07, 6.45) is -1.22. The van der Waals surface area contributed by atoms with Gasteiger partial charge in [-0.05, 0) is 12.0 Å². The second-order valence-electron chi connectivity index (χ2n) is 6.20. The average molecular weight is 430 g/mol. The van der Waals surface area contributed by atoms with E-state index in [0.717, 1.165) is 23.2 Å². The number of aliphatic hydroxyl groups is 2. The molecule has 0 aliphatic carbocycles. The van der Waals surface area contributed by atoms with Crippen LogP contribution in [0.2, 0.25) is 0 Å². The van der Waals surface area contributed by atoms with Crippen LogP contribution in [0.15, 0.2) is 35.7 Å². The van der Waals surface area contributed by atoms with Crippen molar-refractivity contribution in [2.24, 2.45) is 0 Å². The summed E-state index contributed by atoms with van der Waals surface area (Å²) in [5, 5.41) is 24.7. The highest BCUT2D eigenvalue weighted by atomic mass is 32.2. The molecule has 0 radical (unpaired) electrons. The zero-order chi connectivity index (χ0) is 20.7. The van der Waals surface area contributed by atoms with Crippen LogP contribution in [0.4, 0.5) is 5.13 Å². The van der Waals surface area contributed by atoms with Crippen molar-refractivity contribution in [3.05, 3.63) is 47.0 Å². The fourth-order valence-corrected chi connectivity index (χ4v) is 4.03. The largest absolute Gasteiger partial charge is 0.388 e. The van der Waals surface area contributed by atoms with Crippen molar-refractivity contribution >= 4 is 32.4 Å². The van der Waals surface area contributed by atoms with Gasteiger partial charge in [0.05, 0.1) is 18.9 Å². The third-order valence-corrected chi connectivity index (χ3v) is 5.22. The molecule has 0 fully saturated rings. The number of aromatic nitrogens is 1. The molecule has 1 aromatic carbocycles. The van der Waals surface area contributed by atoms with Gasteiger partial charge in [-0.15, -0.1) is 11.3 Å². The van der Waals surface area contributed by atoms with E-state index in [1.54, 1.807) is 0 Å². The highest BCUT2D eigenvalue weighted by molar-refractivity contribution is 7.92. The lowest BCUT2D eigenvalue weighted by molar-refractivity contribution is -0.0407. The second kappa shape index (κ2) is 9.94. The number of aliphatic hydroxyl groups excluding tert-OH is 2. The summed E-state index contributed by atoms with van der Waals surface area (Å²) in [6.45, 7) is -0.0958. The van der Waals surface area contributed by atoms with Gasteiger partial charge in [-0.1, -0.05) is 30.3 Å². The van der Waals surface area contributed by atoms with E-state index in [1.165, 1.54) is 12.5 Å². The van der Waals surface area contributed by atoms with Crippen molar-refractivity contribution in [3.8, 4) is 0 Å². The standard InChI is InChI=1S/C17H23N3O6S2/c1-26-9-14(21)15(22)12(8-11-6-4-3-5-7-11)18-16(23)13-10-27-17(19-13)20-28(2,24)25/h3-7,10,12,14-15,21-22H,8-9H2,1-2H3,(H,18,23)(H,19,20). The molecule has 0 aliphatic heterocycles. The van der Waals surface area contributed by atoms with E-state index in [-0.39, 0.29) is 23.9 Å². The number of nitrogens with zero attached hydrogens (tertiary/aromatic N) is 1. The lowest BCUT2D eigenvalue weighted by atomic mass is 9.97. The Morgan fingerprint density at radius 2 is 1.96 bits per heavy atom. The molecule has 3 atom stereocenters. The van der Waals surface area contributed by atoms with Gasteiger partial charge in [0.15, 0.2) is 5.13 Å². The van der Waals surface area contributed by atoms with Gasteiger partial charge >= 0.3 is 0 Å². The predicted molar refractivity (Wildman–Crippen MR) is 106 cm³/mol. The lowest BCUT2D eigenvalue weighted by Gasteiger charge is -2.27. The van der Waals surface area contributed by atoms with Crippen LogP contribution < -0.4 is 10.0 Å². The molecule has 1 amide bonds. The molecule has 28 heavy (non-hydrogen) atoms. The van der Waals surface area contributed by atoms with E-state index in [1.807, 2.05) is 30.3 Å². The van der Waals surface area contributed by atoms with Gasteiger partial charge in [0.25, 0.3) is 5.91 Å². The molecule has 0 saturated heterocycles. The maximum Gasteiger partial charge on any atom is 0.271 e. The van der Waals surface area contributed by atoms with Crippen LogP contribution in [-0.4, -0.2) is 67.7 Å². The van der Waals surface area contributed by atoms with Gasteiger partial charge < -0.3 is 20.3 Å². The maximum absolute atomic E-state index is 12.5. The lowest BCUT2D eigenvalue weighted by Crippen LogP contribution is -2.51. The number of anilines is 1. The Bertz CT molecular complexity index is 872. The second-order valence-corrected chi connectivity index (χ2v) is 8.80. The van der Waals surface area contributed by atoms with E-state index in [4.69, 9.17) is 4.74 Å². The summed E-state index contributed by atoms with van der Waals surface area (Å²) in [4.78, 5) is 16.5. The molecule has 2 aromatic rings. The minimum Gasteiger partial charge on any atom is -0.388 e. The number of ether oxygens (including phenoxy) is 1. The first-order chi connectivity index (χ1) is 13.2. The summed E-state index contributed by atoms with van der Waals surface area (Å²) in [5.74, 6) is -0.595. The predicted octanol–water partition coefficient (Wildman–Crippen LogP) is 0.224. The summed E-state index contributed by atoms with van der Waals surface area (Å²) in [5.41, 5.74) is 0.858. The molecule has 3 unspecified atom stereocenters. The number of amides is 1. The normalized spacial score (nSPS) is 14.9. The topological polar surface area (TPSA) is 138 Å². The Balaban J connectivity index is 2.15. The summed E-state index contributed by atoms with van der Waals surface area (Å²) < 4.78 is 29.6. The number of hydrogen-bond acceptors (Lipinski definition) is 8. The number of methoxy groups -OCH3 is 1. The van der Waals surface area contributed by atoms with Crippen LogP contribution in [0.1, 0.15) is 16.1 Å². The quantitative estimate of drug-likeness (QED) is 0.424. The summed E-state index contributed by atoms with van der Waals surface area (Å²) >= 11 is 0.965. The van der Waals surface area contributed by atoms with Gasteiger partial charge in [0.1, 0.15) is 17.9 Å². The number of thiazole rings is 1. The van der Waals surface area contributed by atoms with Crippen LogP contribution in [0.25, 0.3) is 0 Å². The zero-order valence-corrected chi connectivity index (χ0v) is 17.0. The van der Waals surface area contributed by atoms with Crippen molar-refractivity contribution in [3.63, 3.8) is 0 Å². The van der Waals surface area contributed by atoms with Crippen molar-refractivity contribution in [2.75, 3.05) is 24.7 Å². The molecule has 4 N–H and O–H groups in total. The first-order valence-corrected chi connectivity index (χ1v) is 11.1. The first kappa shape index (κ1) is 22.2. The monoisotopic (exact) mass is 429 g/mol. The fraction of sp³-hybridized carbons (Fsp3) is 0.412. The number of benzene rings is 1. The number of carbonyl (C=O) groups excluding carboxylic acids is 1. The van der Waals surface area contributed by atoms with Crippen molar-refractivity contribution in [2.45, 2.75) is 24.7 Å². The molecule has 11 heteroatoms. The summed E-state index contributed by atoms with van der Waals surface area (Å²) in [7, 11) is -2.11. The van der Waals surface area contributed by atoms with Crippen molar-refractivity contribution in [1.82, 2.24) is 10.3 Å². The number of rotatable bonds is 10. The molecule has 0 aliphatic rings. The van der Waals surface area contributed by atoms with E-state index < -0.39 is 34.2 Å². The van der Waals surface area contributed by atoms with E-state index >= 15 is 0 Å². The van der Waals surface area contributed by atoms with Gasteiger partial charge in [-0.25, -0.2) is 13.4 Å². The fourth-order valence-electron chi connectivity index (χ4n) is 2.49. The molecule has 0 bridgehead atoms. The minimum atomic E-state index is -3.51.